The molecule has 0 bridgehead atoms. The fraction of sp³-hybridized carbons (Fsp3) is 0.0833. The molecule has 7 heteroatoms. The van der Waals surface area contributed by atoms with Crippen LogP contribution in [0.3, 0.4) is 0 Å². The Kier molecular flexibility index (Phi) is 3.38. The number of hydrogen-bond donors (Lipinski definition) is 1. The number of hydrogen-bond acceptors (Lipinski definition) is 5. The number of fused-ring (bicyclic) bond motifs is 1. The van der Waals surface area contributed by atoms with Crippen molar-refractivity contribution in [2.24, 2.45) is 0 Å². The molecule has 3 aromatic rings. The van der Waals surface area contributed by atoms with E-state index in [9.17, 15) is 0 Å². The van der Waals surface area contributed by atoms with Crippen molar-refractivity contribution in [2.45, 2.75) is 6.92 Å². The number of aromatic nitrogens is 3. The van der Waals surface area contributed by atoms with Gasteiger partial charge in [0, 0.05) is 11.9 Å². The Morgan fingerprint density at radius 1 is 1.32 bits per heavy atom. The zero-order valence-electron chi connectivity index (χ0n) is 9.82. The molecule has 0 fully saturated rings. The molecule has 2 aromatic heterocycles. The second-order valence-corrected chi connectivity index (χ2v) is 6.30. The molecule has 0 amide bonds. The first kappa shape index (κ1) is 12.8. The Morgan fingerprint density at radius 3 is 3.00 bits per heavy atom. The number of nitrogens with one attached hydrogen (secondary N) is 1. The number of benzene rings is 1. The lowest BCUT2D eigenvalue weighted by atomic mass is 10.3. The zero-order valence-corrected chi connectivity index (χ0v) is 13.0. The molecule has 0 aliphatic rings. The molecule has 1 N–H and O–H groups in total. The minimum absolute atomic E-state index is 0.205. The maximum absolute atomic E-state index is 5.79. The Labute approximate surface area is 127 Å². The number of halogens is 2. The third kappa shape index (κ3) is 2.70. The normalized spacial score (nSPS) is 10.9. The molecular weight excluding hydrogens is 348 g/mol. The maximum Gasteiger partial charge on any atom is 0.224 e. The van der Waals surface area contributed by atoms with E-state index in [1.807, 2.05) is 25.1 Å². The van der Waals surface area contributed by atoms with Crippen molar-refractivity contribution < 1.29 is 0 Å². The highest BCUT2D eigenvalue weighted by atomic mass is 79.9. The van der Waals surface area contributed by atoms with Crippen LogP contribution in [0.1, 0.15) is 5.01 Å². The molecule has 0 aliphatic carbocycles. The van der Waals surface area contributed by atoms with Gasteiger partial charge in [0.15, 0.2) is 0 Å². The Morgan fingerprint density at radius 2 is 2.16 bits per heavy atom. The van der Waals surface area contributed by atoms with Gasteiger partial charge in [-0.25, -0.2) is 9.97 Å². The summed E-state index contributed by atoms with van der Waals surface area (Å²) in [6, 6.07) is 6.02. The molecular formula is C12H8BrClN4S. The van der Waals surface area contributed by atoms with Gasteiger partial charge in [0.05, 0.1) is 19.7 Å². The maximum atomic E-state index is 5.79. The van der Waals surface area contributed by atoms with Gasteiger partial charge in [0.1, 0.15) is 5.82 Å². The lowest BCUT2D eigenvalue weighted by molar-refractivity contribution is 1.15. The molecule has 3 rings (SSSR count). The summed E-state index contributed by atoms with van der Waals surface area (Å²) in [4.78, 5) is 12.5. The third-order valence-electron chi connectivity index (χ3n) is 2.47. The van der Waals surface area contributed by atoms with Crippen molar-refractivity contribution in [3.63, 3.8) is 0 Å². The highest BCUT2D eigenvalue weighted by Crippen LogP contribution is 2.28. The molecule has 0 saturated heterocycles. The monoisotopic (exact) mass is 354 g/mol. The summed E-state index contributed by atoms with van der Waals surface area (Å²) in [6.07, 6.45) is 1.61. The average molecular weight is 356 g/mol. The van der Waals surface area contributed by atoms with Gasteiger partial charge in [0.25, 0.3) is 0 Å². The second-order valence-electron chi connectivity index (χ2n) is 3.88. The van der Waals surface area contributed by atoms with Gasteiger partial charge in [-0.15, -0.1) is 11.3 Å². The van der Waals surface area contributed by atoms with E-state index < -0.39 is 0 Å². The minimum Gasteiger partial charge on any atom is -0.339 e. The molecule has 0 radical (unpaired) electrons. The van der Waals surface area contributed by atoms with Crippen LogP contribution < -0.4 is 5.32 Å². The van der Waals surface area contributed by atoms with Crippen LogP contribution in [0.4, 0.5) is 11.5 Å². The van der Waals surface area contributed by atoms with Crippen LogP contribution in [0, 0.1) is 6.92 Å². The molecule has 96 valence electrons. The fourth-order valence-corrected chi connectivity index (χ4v) is 2.92. The van der Waals surface area contributed by atoms with Crippen LogP contribution in [0.25, 0.3) is 10.2 Å². The van der Waals surface area contributed by atoms with Gasteiger partial charge in [-0.05, 0) is 52.7 Å². The van der Waals surface area contributed by atoms with Crippen LogP contribution in [0.5, 0.6) is 0 Å². The highest BCUT2D eigenvalue weighted by molar-refractivity contribution is 9.10. The number of aryl methyl sites for hydroxylation is 1. The van der Waals surface area contributed by atoms with E-state index in [1.165, 1.54) is 4.70 Å². The first-order valence-electron chi connectivity index (χ1n) is 5.44. The summed E-state index contributed by atoms with van der Waals surface area (Å²) < 4.78 is 1.93. The first-order chi connectivity index (χ1) is 9.11. The van der Waals surface area contributed by atoms with Crippen molar-refractivity contribution in [3.05, 3.63) is 39.2 Å². The largest absolute Gasteiger partial charge is 0.339 e. The van der Waals surface area contributed by atoms with Gasteiger partial charge >= 0.3 is 0 Å². The summed E-state index contributed by atoms with van der Waals surface area (Å²) in [6.45, 7) is 2.00. The zero-order chi connectivity index (χ0) is 13.4. The minimum atomic E-state index is 0.205. The van der Waals surface area contributed by atoms with Gasteiger partial charge in [-0.2, -0.15) is 4.98 Å². The third-order valence-corrected chi connectivity index (χ3v) is 4.19. The number of thiazole rings is 1. The molecule has 0 spiro atoms. The topological polar surface area (TPSA) is 50.7 Å². The lowest BCUT2D eigenvalue weighted by Crippen LogP contribution is -1.96. The summed E-state index contributed by atoms with van der Waals surface area (Å²) >= 11 is 10.8. The summed E-state index contributed by atoms with van der Waals surface area (Å²) in [7, 11) is 0. The van der Waals surface area contributed by atoms with E-state index in [0.717, 1.165) is 20.7 Å². The van der Waals surface area contributed by atoms with E-state index in [-0.39, 0.29) is 5.28 Å². The van der Waals surface area contributed by atoms with Gasteiger partial charge in [0.2, 0.25) is 5.28 Å². The van der Waals surface area contributed by atoms with Crippen molar-refractivity contribution in [2.75, 3.05) is 5.32 Å². The Hall–Kier alpha value is -1.24. The van der Waals surface area contributed by atoms with Crippen LogP contribution in [-0.4, -0.2) is 15.0 Å². The SMILES string of the molecule is Cc1nc2cc(Nc3nc(Cl)ncc3Br)ccc2s1. The van der Waals surface area contributed by atoms with Gasteiger partial charge in [-0.1, -0.05) is 0 Å². The van der Waals surface area contributed by atoms with Gasteiger partial charge in [-0.3, -0.25) is 0 Å². The summed E-state index contributed by atoms with van der Waals surface area (Å²) in [5.41, 5.74) is 1.89. The molecule has 0 unspecified atom stereocenters. The molecule has 19 heavy (non-hydrogen) atoms. The van der Waals surface area contributed by atoms with Crippen LogP contribution in [0.2, 0.25) is 5.28 Å². The van der Waals surface area contributed by atoms with E-state index in [1.54, 1.807) is 17.5 Å². The molecule has 4 nitrogen and oxygen atoms in total. The summed E-state index contributed by atoms with van der Waals surface area (Å²) in [5.74, 6) is 0.631. The van der Waals surface area contributed by atoms with Crippen molar-refractivity contribution >= 4 is 60.6 Å². The fourth-order valence-electron chi connectivity index (χ4n) is 1.69. The Bertz CT molecular complexity index is 759. The number of nitrogens with zero attached hydrogens (tertiary/aromatic N) is 3. The molecule has 0 aliphatic heterocycles. The number of rotatable bonds is 2. The van der Waals surface area contributed by atoms with E-state index in [0.29, 0.717) is 5.82 Å². The Balaban J connectivity index is 1.98. The predicted octanol–water partition coefficient (Wildman–Crippen LogP) is 4.55. The molecule has 2 heterocycles. The lowest BCUT2D eigenvalue weighted by Gasteiger charge is -2.07. The molecule has 0 saturated carbocycles. The molecule has 1 aromatic carbocycles. The van der Waals surface area contributed by atoms with E-state index in [4.69, 9.17) is 11.6 Å². The molecule has 0 atom stereocenters. The second kappa shape index (κ2) is 5.03. The van der Waals surface area contributed by atoms with Gasteiger partial charge < -0.3 is 5.32 Å². The van der Waals surface area contributed by atoms with Crippen LogP contribution >= 0.6 is 38.9 Å². The smallest absolute Gasteiger partial charge is 0.224 e. The van der Waals surface area contributed by atoms with E-state index >= 15 is 0 Å². The van der Waals surface area contributed by atoms with Crippen molar-refractivity contribution in [3.8, 4) is 0 Å². The van der Waals surface area contributed by atoms with Crippen LogP contribution in [0.15, 0.2) is 28.9 Å². The highest BCUT2D eigenvalue weighted by Gasteiger charge is 2.06. The van der Waals surface area contributed by atoms with E-state index in [2.05, 4.69) is 36.2 Å². The first-order valence-corrected chi connectivity index (χ1v) is 7.43. The average Bonchev–Trinajstić information content (AvgIpc) is 2.73. The van der Waals surface area contributed by atoms with Crippen LogP contribution in [-0.2, 0) is 0 Å². The summed E-state index contributed by atoms with van der Waals surface area (Å²) in [5, 5.41) is 4.46. The predicted molar refractivity (Wildman–Crippen MR) is 82.4 cm³/mol. The number of anilines is 2. The van der Waals surface area contributed by atoms with Crippen molar-refractivity contribution in [1.82, 2.24) is 15.0 Å². The standard InChI is InChI=1S/C12H8BrClN4S/c1-6-16-9-4-7(2-3-10(9)19-6)17-11-8(13)5-15-12(14)18-11/h2-5H,1H3,(H,15,17,18). The van der Waals surface area contributed by atoms with Crippen molar-refractivity contribution in [1.29, 1.82) is 0 Å². The quantitative estimate of drug-likeness (QED) is 0.685.